The first kappa shape index (κ1) is 13.7. The Kier molecular flexibility index (Phi) is 4.39. The van der Waals surface area contributed by atoms with Gasteiger partial charge < -0.3 is 4.74 Å². The van der Waals surface area contributed by atoms with Crippen LogP contribution in [0.3, 0.4) is 0 Å². The zero-order valence-electron chi connectivity index (χ0n) is 12.1. The van der Waals surface area contributed by atoms with E-state index in [1.165, 1.54) is 37.7 Å². The number of benzene rings is 1. The first-order chi connectivity index (χ1) is 9.83. The van der Waals surface area contributed by atoms with Gasteiger partial charge in [0, 0.05) is 12.8 Å². The van der Waals surface area contributed by atoms with Crippen molar-refractivity contribution in [2.24, 2.45) is 5.92 Å². The molecular formula is C18H24O2. The summed E-state index contributed by atoms with van der Waals surface area (Å²) in [7, 11) is 0. The lowest BCUT2D eigenvalue weighted by atomic mass is 9.82. The average molecular weight is 272 g/mol. The van der Waals surface area contributed by atoms with Crippen LogP contribution < -0.4 is 4.74 Å². The first-order valence-corrected chi connectivity index (χ1v) is 8.06. The summed E-state index contributed by atoms with van der Waals surface area (Å²) in [5, 5.41) is 0. The van der Waals surface area contributed by atoms with Crippen LogP contribution >= 0.6 is 0 Å². The quantitative estimate of drug-likeness (QED) is 0.807. The second kappa shape index (κ2) is 6.43. The van der Waals surface area contributed by atoms with Crippen molar-refractivity contribution in [3.63, 3.8) is 0 Å². The molecule has 1 aromatic carbocycles. The molecule has 0 aromatic heterocycles. The fourth-order valence-corrected chi connectivity index (χ4v) is 3.70. The molecule has 2 heteroatoms. The van der Waals surface area contributed by atoms with Crippen molar-refractivity contribution >= 4 is 5.78 Å². The van der Waals surface area contributed by atoms with Crippen LogP contribution in [0.4, 0.5) is 0 Å². The highest BCUT2D eigenvalue weighted by Crippen LogP contribution is 2.36. The van der Waals surface area contributed by atoms with Crippen LogP contribution in [0.15, 0.2) is 24.3 Å². The maximum Gasteiger partial charge on any atom is 0.133 e. The molecule has 0 amide bonds. The van der Waals surface area contributed by atoms with Crippen molar-refractivity contribution in [3.05, 3.63) is 29.8 Å². The van der Waals surface area contributed by atoms with Gasteiger partial charge in [-0.15, -0.1) is 0 Å². The van der Waals surface area contributed by atoms with Gasteiger partial charge in [-0.1, -0.05) is 50.3 Å². The normalized spacial score (nSPS) is 22.9. The van der Waals surface area contributed by atoms with Gasteiger partial charge in [0.05, 0.1) is 6.61 Å². The molecule has 1 aliphatic carbocycles. The van der Waals surface area contributed by atoms with Crippen LogP contribution in [0.5, 0.6) is 5.75 Å². The number of hydrogen-bond donors (Lipinski definition) is 0. The lowest BCUT2D eigenvalue weighted by molar-refractivity contribution is -0.120. The first-order valence-electron chi connectivity index (χ1n) is 8.06. The van der Waals surface area contributed by atoms with E-state index in [9.17, 15) is 4.79 Å². The summed E-state index contributed by atoms with van der Waals surface area (Å²) in [6.07, 6.45) is 9.00. The van der Waals surface area contributed by atoms with E-state index in [1.807, 2.05) is 18.2 Å². The molecule has 1 heterocycles. The van der Waals surface area contributed by atoms with Crippen molar-refractivity contribution in [2.45, 2.75) is 57.3 Å². The third-order valence-corrected chi connectivity index (χ3v) is 4.80. The van der Waals surface area contributed by atoms with Gasteiger partial charge in [0.2, 0.25) is 0 Å². The molecule has 0 radical (unpaired) electrons. The predicted octanol–water partition coefficient (Wildman–Crippen LogP) is 4.48. The Labute approximate surface area is 121 Å². The topological polar surface area (TPSA) is 26.3 Å². The molecule has 0 bridgehead atoms. The second-order valence-electron chi connectivity index (χ2n) is 6.32. The van der Waals surface area contributed by atoms with Gasteiger partial charge in [0.15, 0.2) is 0 Å². The Morgan fingerprint density at radius 2 is 1.85 bits per heavy atom. The van der Waals surface area contributed by atoms with E-state index in [-0.39, 0.29) is 0 Å². The number of Topliss-reactive ketones (excluding diaryl/α,β-unsaturated/α-hetero) is 1. The van der Waals surface area contributed by atoms with Gasteiger partial charge in [0.1, 0.15) is 11.5 Å². The van der Waals surface area contributed by atoms with E-state index < -0.39 is 0 Å². The number of carbonyl (C=O) groups is 1. The molecule has 108 valence electrons. The number of para-hydroxylation sites is 1. The zero-order valence-corrected chi connectivity index (χ0v) is 12.1. The minimum Gasteiger partial charge on any atom is -0.493 e. The largest absolute Gasteiger partial charge is 0.493 e. The summed E-state index contributed by atoms with van der Waals surface area (Å²) in [4.78, 5) is 12.3. The van der Waals surface area contributed by atoms with Crippen molar-refractivity contribution in [3.8, 4) is 5.75 Å². The lowest BCUT2D eigenvalue weighted by Gasteiger charge is -2.26. The Bertz CT molecular complexity index is 460. The van der Waals surface area contributed by atoms with Gasteiger partial charge in [-0.2, -0.15) is 0 Å². The molecule has 20 heavy (non-hydrogen) atoms. The van der Waals surface area contributed by atoms with Crippen LogP contribution in [0.1, 0.15) is 62.8 Å². The molecule has 1 unspecified atom stereocenters. The summed E-state index contributed by atoms with van der Waals surface area (Å²) in [5.74, 6) is 2.47. The molecule has 2 aliphatic rings. The zero-order chi connectivity index (χ0) is 13.8. The fraction of sp³-hybridized carbons (Fsp3) is 0.611. The third kappa shape index (κ3) is 3.23. The summed E-state index contributed by atoms with van der Waals surface area (Å²) in [6, 6.07) is 8.19. The number of ether oxygens (including phenoxy) is 1. The van der Waals surface area contributed by atoms with E-state index in [0.717, 1.165) is 25.2 Å². The van der Waals surface area contributed by atoms with Gasteiger partial charge in [-0.25, -0.2) is 0 Å². The molecule has 3 rings (SSSR count). The lowest BCUT2D eigenvalue weighted by Crippen LogP contribution is -2.19. The molecule has 0 N–H and O–H groups in total. The van der Waals surface area contributed by atoms with Gasteiger partial charge in [-0.05, 0) is 29.9 Å². The van der Waals surface area contributed by atoms with E-state index in [1.54, 1.807) is 0 Å². The SMILES string of the molecule is O=C(CC1CCCCC1)CC1CCOc2ccccc21. The molecule has 2 nitrogen and oxygen atoms in total. The molecule has 1 fully saturated rings. The molecule has 1 aliphatic heterocycles. The Hall–Kier alpha value is -1.31. The molecular weight excluding hydrogens is 248 g/mol. The Morgan fingerprint density at radius 1 is 1.05 bits per heavy atom. The minimum atomic E-state index is 0.371. The molecule has 1 saturated carbocycles. The average Bonchev–Trinajstić information content (AvgIpc) is 2.48. The van der Waals surface area contributed by atoms with Crippen molar-refractivity contribution in [1.82, 2.24) is 0 Å². The van der Waals surface area contributed by atoms with Gasteiger partial charge in [-0.3, -0.25) is 4.79 Å². The second-order valence-corrected chi connectivity index (χ2v) is 6.32. The predicted molar refractivity (Wildman–Crippen MR) is 80.1 cm³/mol. The van der Waals surface area contributed by atoms with E-state index >= 15 is 0 Å². The van der Waals surface area contributed by atoms with Crippen LogP contribution in [-0.4, -0.2) is 12.4 Å². The standard InChI is InChI=1S/C18H24O2/c19-16(12-14-6-2-1-3-7-14)13-15-10-11-20-18-9-5-4-8-17(15)18/h4-5,8-9,14-15H,1-3,6-7,10-13H2. The van der Waals surface area contributed by atoms with Crippen LogP contribution in [0.2, 0.25) is 0 Å². The Balaban J connectivity index is 1.59. The number of carbonyl (C=O) groups excluding carboxylic acids is 1. The minimum absolute atomic E-state index is 0.371. The van der Waals surface area contributed by atoms with Crippen molar-refractivity contribution in [1.29, 1.82) is 0 Å². The smallest absolute Gasteiger partial charge is 0.133 e. The number of rotatable bonds is 4. The molecule has 0 spiro atoms. The Morgan fingerprint density at radius 3 is 2.70 bits per heavy atom. The summed E-state index contributed by atoms with van der Waals surface area (Å²) >= 11 is 0. The monoisotopic (exact) mass is 272 g/mol. The summed E-state index contributed by atoms with van der Waals surface area (Å²) in [6.45, 7) is 0.748. The highest BCUT2D eigenvalue weighted by molar-refractivity contribution is 5.79. The fourth-order valence-electron chi connectivity index (χ4n) is 3.70. The van der Waals surface area contributed by atoms with Crippen molar-refractivity contribution < 1.29 is 9.53 Å². The summed E-state index contributed by atoms with van der Waals surface area (Å²) < 4.78 is 5.67. The highest BCUT2D eigenvalue weighted by atomic mass is 16.5. The number of hydrogen-bond acceptors (Lipinski definition) is 2. The maximum absolute atomic E-state index is 12.3. The van der Waals surface area contributed by atoms with Crippen molar-refractivity contribution in [2.75, 3.05) is 6.61 Å². The third-order valence-electron chi connectivity index (χ3n) is 4.80. The van der Waals surface area contributed by atoms with Crippen LogP contribution in [-0.2, 0) is 4.79 Å². The van der Waals surface area contributed by atoms with E-state index in [4.69, 9.17) is 4.74 Å². The van der Waals surface area contributed by atoms with Gasteiger partial charge in [0.25, 0.3) is 0 Å². The highest BCUT2D eigenvalue weighted by Gasteiger charge is 2.25. The van der Waals surface area contributed by atoms with Crippen LogP contribution in [0, 0.1) is 5.92 Å². The molecule has 1 atom stereocenters. The number of ketones is 1. The van der Waals surface area contributed by atoms with E-state index in [2.05, 4.69) is 6.07 Å². The summed E-state index contributed by atoms with van der Waals surface area (Å²) in [5.41, 5.74) is 1.23. The maximum atomic E-state index is 12.3. The molecule has 0 saturated heterocycles. The van der Waals surface area contributed by atoms with E-state index in [0.29, 0.717) is 24.0 Å². The number of fused-ring (bicyclic) bond motifs is 1. The molecule has 1 aromatic rings. The van der Waals surface area contributed by atoms with Crippen LogP contribution in [0.25, 0.3) is 0 Å². The van der Waals surface area contributed by atoms with Gasteiger partial charge >= 0.3 is 0 Å².